The van der Waals surface area contributed by atoms with E-state index >= 15 is 0 Å². The maximum atomic E-state index is 11.7. The minimum Gasteiger partial charge on any atom is -0.494 e. The van der Waals surface area contributed by atoms with Crippen molar-refractivity contribution in [3.05, 3.63) is 24.3 Å². The summed E-state index contributed by atoms with van der Waals surface area (Å²) in [7, 11) is 0. The van der Waals surface area contributed by atoms with Crippen LogP contribution in [0.15, 0.2) is 24.3 Å². The van der Waals surface area contributed by atoms with Crippen molar-refractivity contribution in [3.8, 4) is 11.5 Å². The van der Waals surface area contributed by atoms with Gasteiger partial charge in [-0.15, -0.1) is 0 Å². The largest absolute Gasteiger partial charge is 0.494 e. The maximum Gasteiger partial charge on any atom is 0.317 e. The molecule has 0 atom stereocenters. The quantitative estimate of drug-likeness (QED) is 0.792. The molecule has 0 radical (unpaired) electrons. The van der Waals surface area contributed by atoms with Crippen LogP contribution in [-0.2, 0) is 0 Å². The van der Waals surface area contributed by atoms with Crippen molar-refractivity contribution >= 4 is 6.03 Å². The Bertz CT molecular complexity index is 428. The molecule has 1 aliphatic carbocycles. The zero-order valence-electron chi connectivity index (χ0n) is 12.6. The average molecular weight is 292 g/mol. The Labute approximate surface area is 126 Å². The first-order valence-corrected chi connectivity index (χ1v) is 7.68. The van der Waals surface area contributed by atoms with Gasteiger partial charge in [0.2, 0.25) is 0 Å². The number of carbonyl (C=O) groups is 1. The molecule has 0 aliphatic heterocycles. The summed E-state index contributed by atoms with van der Waals surface area (Å²) < 4.78 is 10.8. The van der Waals surface area contributed by atoms with Gasteiger partial charge in [-0.25, -0.2) is 4.79 Å². The minimum atomic E-state index is -0.159. The normalized spacial score (nSPS) is 15.3. The average Bonchev–Trinajstić information content (AvgIpc) is 2.50. The Balaban J connectivity index is 1.64. The number of carbonyl (C=O) groups excluding carboxylic acids is 1. The summed E-state index contributed by atoms with van der Waals surface area (Å²) in [6.45, 7) is 2.74. The van der Waals surface area contributed by atoms with Crippen molar-refractivity contribution in [2.24, 2.45) is 0 Å². The van der Waals surface area contributed by atoms with Gasteiger partial charge in [-0.05, 0) is 44.0 Å². The lowest BCUT2D eigenvalue weighted by atomic mass is 9.96. The lowest BCUT2D eigenvalue weighted by Crippen LogP contribution is -2.44. The highest BCUT2D eigenvalue weighted by Crippen LogP contribution is 2.18. The van der Waals surface area contributed by atoms with Crippen LogP contribution in [0.4, 0.5) is 4.79 Å². The highest BCUT2D eigenvalue weighted by molar-refractivity contribution is 5.74. The number of hydrogen-bond acceptors (Lipinski definition) is 3. The fraction of sp³-hybridized carbons (Fsp3) is 0.562. The molecular formula is C16H24N2O3. The summed E-state index contributed by atoms with van der Waals surface area (Å²) in [6, 6.07) is 7.50. The second-order valence-corrected chi connectivity index (χ2v) is 5.18. The summed E-state index contributed by atoms with van der Waals surface area (Å²) in [5.41, 5.74) is 0. The van der Waals surface area contributed by atoms with Crippen molar-refractivity contribution in [1.29, 1.82) is 0 Å². The summed E-state index contributed by atoms with van der Waals surface area (Å²) in [4.78, 5) is 11.7. The Morgan fingerprint density at radius 2 is 1.71 bits per heavy atom. The van der Waals surface area contributed by atoms with E-state index in [1.807, 2.05) is 31.2 Å². The molecular weight excluding hydrogens is 268 g/mol. The van der Waals surface area contributed by atoms with Gasteiger partial charge in [0.1, 0.15) is 11.5 Å². The van der Waals surface area contributed by atoms with Crippen LogP contribution < -0.4 is 20.1 Å². The summed E-state index contributed by atoms with van der Waals surface area (Å²) >= 11 is 0. The Morgan fingerprint density at radius 3 is 2.33 bits per heavy atom. The summed E-state index contributed by atoms with van der Waals surface area (Å²) in [6.07, 6.45) is 5.84. The molecule has 0 spiro atoms. The summed E-state index contributed by atoms with van der Waals surface area (Å²) in [5.74, 6) is 1.52. The van der Waals surface area contributed by atoms with Gasteiger partial charge in [0.25, 0.3) is 0 Å². The first kappa shape index (κ1) is 15.5. The van der Waals surface area contributed by atoms with Gasteiger partial charge >= 0.3 is 6.03 Å². The van der Waals surface area contributed by atoms with E-state index in [0.29, 0.717) is 18.4 Å². The molecule has 116 valence electrons. The third-order valence-electron chi connectivity index (χ3n) is 3.55. The van der Waals surface area contributed by atoms with Gasteiger partial charge in [-0.2, -0.15) is 0 Å². The van der Waals surface area contributed by atoms with Crippen LogP contribution >= 0.6 is 0 Å². The van der Waals surface area contributed by atoms with Crippen LogP contribution in [0.2, 0.25) is 0 Å². The zero-order chi connectivity index (χ0) is 14.9. The van der Waals surface area contributed by atoms with E-state index in [1.54, 1.807) is 0 Å². The minimum absolute atomic E-state index is 0.159. The predicted octanol–water partition coefficient (Wildman–Crippen LogP) is 3.05. The van der Waals surface area contributed by atoms with Crippen molar-refractivity contribution in [2.75, 3.05) is 13.3 Å². The second kappa shape index (κ2) is 8.39. The molecule has 1 aliphatic rings. The molecule has 0 saturated heterocycles. The Kier molecular flexibility index (Phi) is 6.19. The third kappa shape index (κ3) is 5.53. The SMILES string of the molecule is CCOc1ccc(OCNC(=O)NC2CCCCC2)cc1. The van der Waals surface area contributed by atoms with Crippen molar-refractivity contribution < 1.29 is 14.3 Å². The molecule has 21 heavy (non-hydrogen) atoms. The van der Waals surface area contributed by atoms with E-state index in [9.17, 15) is 4.79 Å². The van der Waals surface area contributed by atoms with E-state index in [-0.39, 0.29) is 12.8 Å². The number of urea groups is 1. The smallest absolute Gasteiger partial charge is 0.317 e. The molecule has 0 unspecified atom stereocenters. The number of benzene rings is 1. The highest BCUT2D eigenvalue weighted by Gasteiger charge is 2.15. The second-order valence-electron chi connectivity index (χ2n) is 5.18. The molecule has 1 aromatic rings. The van der Waals surface area contributed by atoms with Gasteiger partial charge in [0.05, 0.1) is 6.61 Å². The molecule has 5 nitrogen and oxygen atoms in total. The lowest BCUT2D eigenvalue weighted by molar-refractivity contribution is 0.217. The van der Waals surface area contributed by atoms with Crippen LogP contribution in [0.1, 0.15) is 39.0 Å². The fourth-order valence-electron chi connectivity index (χ4n) is 2.47. The molecule has 0 heterocycles. The van der Waals surface area contributed by atoms with E-state index in [2.05, 4.69) is 10.6 Å². The topological polar surface area (TPSA) is 59.6 Å². The van der Waals surface area contributed by atoms with Crippen molar-refractivity contribution in [1.82, 2.24) is 10.6 Å². The van der Waals surface area contributed by atoms with E-state index in [1.165, 1.54) is 19.3 Å². The highest BCUT2D eigenvalue weighted by atomic mass is 16.5. The predicted molar refractivity (Wildman–Crippen MR) is 81.6 cm³/mol. The molecule has 0 aromatic heterocycles. The lowest BCUT2D eigenvalue weighted by Gasteiger charge is -2.22. The van der Waals surface area contributed by atoms with Gasteiger partial charge in [0.15, 0.2) is 6.73 Å². The van der Waals surface area contributed by atoms with Crippen LogP contribution in [0, 0.1) is 0 Å². The van der Waals surface area contributed by atoms with Gasteiger partial charge in [-0.3, -0.25) is 0 Å². The molecule has 5 heteroatoms. The molecule has 2 rings (SSSR count). The molecule has 2 amide bonds. The van der Waals surface area contributed by atoms with Crippen LogP contribution in [-0.4, -0.2) is 25.4 Å². The number of rotatable bonds is 6. The zero-order valence-corrected chi connectivity index (χ0v) is 12.6. The molecule has 1 saturated carbocycles. The van der Waals surface area contributed by atoms with E-state index in [0.717, 1.165) is 18.6 Å². The monoisotopic (exact) mass is 292 g/mol. The maximum absolute atomic E-state index is 11.7. The van der Waals surface area contributed by atoms with Crippen molar-refractivity contribution in [2.45, 2.75) is 45.1 Å². The molecule has 1 fully saturated rings. The molecule has 2 N–H and O–H groups in total. The van der Waals surface area contributed by atoms with E-state index in [4.69, 9.17) is 9.47 Å². The number of amides is 2. The van der Waals surface area contributed by atoms with Gasteiger partial charge in [0, 0.05) is 6.04 Å². The number of ether oxygens (including phenoxy) is 2. The Morgan fingerprint density at radius 1 is 1.10 bits per heavy atom. The van der Waals surface area contributed by atoms with Crippen molar-refractivity contribution in [3.63, 3.8) is 0 Å². The van der Waals surface area contributed by atoms with Gasteiger partial charge in [-0.1, -0.05) is 19.3 Å². The first-order chi connectivity index (χ1) is 10.3. The van der Waals surface area contributed by atoms with E-state index < -0.39 is 0 Å². The number of hydrogen-bond donors (Lipinski definition) is 2. The Hall–Kier alpha value is -1.91. The van der Waals surface area contributed by atoms with Crippen LogP contribution in [0.3, 0.4) is 0 Å². The van der Waals surface area contributed by atoms with Gasteiger partial charge < -0.3 is 20.1 Å². The first-order valence-electron chi connectivity index (χ1n) is 7.68. The molecule has 1 aromatic carbocycles. The number of nitrogens with one attached hydrogen (secondary N) is 2. The standard InChI is InChI=1S/C16H24N2O3/c1-2-20-14-8-10-15(11-9-14)21-12-17-16(19)18-13-6-4-3-5-7-13/h8-11,13H,2-7,12H2,1H3,(H2,17,18,19). The molecule has 0 bridgehead atoms. The third-order valence-corrected chi connectivity index (χ3v) is 3.55. The van der Waals surface area contributed by atoms with Crippen LogP contribution in [0.5, 0.6) is 11.5 Å². The van der Waals surface area contributed by atoms with Crippen LogP contribution in [0.25, 0.3) is 0 Å². The fourth-order valence-corrected chi connectivity index (χ4v) is 2.47. The summed E-state index contributed by atoms with van der Waals surface area (Å²) in [5, 5.41) is 5.70.